The lowest BCUT2D eigenvalue weighted by atomic mass is 9.94. The molecule has 0 aliphatic rings. The third kappa shape index (κ3) is 4.07. The summed E-state index contributed by atoms with van der Waals surface area (Å²) in [5.74, 6) is 0. The Morgan fingerprint density at radius 3 is 2.39 bits per heavy atom. The van der Waals surface area contributed by atoms with Crippen LogP contribution >= 0.6 is 12.4 Å². The van der Waals surface area contributed by atoms with Gasteiger partial charge >= 0.3 is 0 Å². The number of hydrogen-bond acceptors (Lipinski definition) is 4. The lowest BCUT2D eigenvalue weighted by molar-refractivity contribution is -0.0802. The van der Waals surface area contributed by atoms with Crippen molar-refractivity contribution in [2.45, 2.75) is 38.0 Å². The molecule has 0 aliphatic carbocycles. The number of aliphatic hydroxyl groups is 2. The van der Waals surface area contributed by atoms with Gasteiger partial charge in [0.25, 0.3) is 0 Å². The highest BCUT2D eigenvalue weighted by molar-refractivity contribution is 5.85. The molecule has 0 saturated carbocycles. The number of nitrogens with two attached hydrogens (primary N) is 1. The zero-order valence-electron chi connectivity index (χ0n) is 10.4. The van der Waals surface area contributed by atoms with Crippen molar-refractivity contribution in [3.63, 3.8) is 0 Å². The van der Waals surface area contributed by atoms with E-state index in [9.17, 15) is 15.0 Å². The molecule has 4 nitrogen and oxygen atoms in total. The Morgan fingerprint density at radius 1 is 1.39 bits per heavy atom. The third-order valence-corrected chi connectivity index (χ3v) is 2.85. The van der Waals surface area contributed by atoms with Crippen molar-refractivity contribution in [3.05, 3.63) is 35.4 Å². The highest BCUT2D eigenvalue weighted by Crippen LogP contribution is 2.22. The van der Waals surface area contributed by atoms with E-state index in [0.717, 1.165) is 12.8 Å². The maximum Gasteiger partial charge on any atom is 0.165 e. The molecule has 0 heterocycles. The fraction of sp³-hybridized carbons (Fsp3) is 0.462. The topological polar surface area (TPSA) is 83.6 Å². The molecule has 4 N–H and O–H groups in total. The average molecular weight is 274 g/mol. The maximum absolute atomic E-state index is 10.5. The molecule has 0 bridgehead atoms. The number of aldehydes is 1. The molecule has 0 saturated heterocycles. The largest absolute Gasteiger partial charge is 0.388 e. The van der Waals surface area contributed by atoms with Crippen LogP contribution in [0.2, 0.25) is 0 Å². The van der Waals surface area contributed by atoms with Crippen LogP contribution in [-0.4, -0.2) is 22.6 Å². The van der Waals surface area contributed by atoms with Gasteiger partial charge in [-0.3, -0.25) is 10.5 Å². The zero-order valence-corrected chi connectivity index (χ0v) is 11.2. The highest BCUT2D eigenvalue weighted by Gasteiger charge is 2.32. The molecule has 1 aromatic rings. The van der Waals surface area contributed by atoms with Crippen molar-refractivity contribution in [3.8, 4) is 0 Å². The summed E-state index contributed by atoms with van der Waals surface area (Å²) < 4.78 is 0. The molecule has 102 valence electrons. The van der Waals surface area contributed by atoms with Crippen LogP contribution in [0.1, 0.15) is 42.1 Å². The Morgan fingerprint density at radius 2 is 1.94 bits per heavy atom. The smallest absolute Gasteiger partial charge is 0.165 e. The molecule has 0 aromatic heterocycles. The summed E-state index contributed by atoms with van der Waals surface area (Å²) in [5.41, 5.74) is 4.88. The minimum Gasteiger partial charge on any atom is -0.388 e. The van der Waals surface area contributed by atoms with E-state index >= 15 is 0 Å². The van der Waals surface area contributed by atoms with E-state index in [1.54, 1.807) is 24.3 Å². The summed E-state index contributed by atoms with van der Waals surface area (Å²) in [5, 5.41) is 19.9. The number of halogens is 1. The molecular formula is C13H20ClNO3. The van der Waals surface area contributed by atoms with Crippen molar-refractivity contribution in [2.24, 2.45) is 5.73 Å². The predicted octanol–water partition coefficient (Wildman–Crippen LogP) is 1.58. The van der Waals surface area contributed by atoms with Gasteiger partial charge in [-0.15, -0.1) is 12.4 Å². The van der Waals surface area contributed by atoms with Crippen LogP contribution in [0.4, 0.5) is 0 Å². The second-order valence-corrected chi connectivity index (χ2v) is 4.22. The van der Waals surface area contributed by atoms with Gasteiger partial charge in [-0.25, -0.2) is 0 Å². The highest BCUT2D eigenvalue weighted by atomic mass is 35.5. The third-order valence-electron chi connectivity index (χ3n) is 2.85. The molecule has 0 aliphatic heterocycles. The predicted molar refractivity (Wildman–Crippen MR) is 72.7 cm³/mol. The number of hydrogen-bond donors (Lipinski definition) is 3. The minimum atomic E-state index is -1.77. The van der Waals surface area contributed by atoms with Gasteiger partial charge in [-0.05, 0) is 6.42 Å². The lowest BCUT2D eigenvalue weighted by Crippen LogP contribution is -2.47. The van der Waals surface area contributed by atoms with Gasteiger partial charge in [0.2, 0.25) is 0 Å². The Labute approximate surface area is 113 Å². The number of carbonyl (C=O) groups excluding carboxylic acids is 1. The first-order chi connectivity index (χ1) is 8.02. The van der Waals surface area contributed by atoms with Crippen LogP contribution in [-0.2, 0) is 5.72 Å². The first-order valence-electron chi connectivity index (χ1n) is 5.77. The van der Waals surface area contributed by atoms with Gasteiger partial charge < -0.3 is 10.2 Å². The fourth-order valence-electron chi connectivity index (χ4n) is 1.64. The van der Waals surface area contributed by atoms with Crippen LogP contribution in [0.25, 0.3) is 0 Å². The first kappa shape index (κ1) is 17.1. The number of benzene rings is 1. The summed E-state index contributed by atoms with van der Waals surface area (Å²) in [6, 6.07) is 6.23. The van der Waals surface area contributed by atoms with E-state index in [2.05, 4.69) is 0 Å². The normalized spacial score (nSPS) is 15.3. The van der Waals surface area contributed by atoms with Crippen LogP contribution in [0.5, 0.6) is 0 Å². The molecule has 0 fully saturated rings. The first-order valence-corrected chi connectivity index (χ1v) is 5.77. The van der Waals surface area contributed by atoms with Gasteiger partial charge in [0.15, 0.2) is 5.72 Å². The molecule has 0 radical (unpaired) electrons. The average Bonchev–Trinajstić information content (AvgIpc) is 2.35. The van der Waals surface area contributed by atoms with Crippen LogP contribution < -0.4 is 5.73 Å². The van der Waals surface area contributed by atoms with Crippen molar-refractivity contribution in [1.82, 2.24) is 0 Å². The number of aliphatic hydroxyl groups excluding tert-OH is 1. The SMILES string of the molecule is CCCC[C@H](O)[C@@](N)(O)c1ccc(C=O)cc1.Cl. The molecule has 1 rings (SSSR count). The molecule has 2 atom stereocenters. The molecule has 0 unspecified atom stereocenters. The summed E-state index contributed by atoms with van der Waals surface area (Å²) in [7, 11) is 0. The number of carbonyl (C=O) groups is 1. The molecule has 0 spiro atoms. The van der Waals surface area contributed by atoms with E-state index in [-0.39, 0.29) is 12.4 Å². The second kappa shape index (κ2) is 7.48. The maximum atomic E-state index is 10.5. The Bertz CT molecular complexity index is 365. The van der Waals surface area contributed by atoms with Crippen molar-refractivity contribution >= 4 is 18.7 Å². The molecule has 18 heavy (non-hydrogen) atoms. The summed E-state index contributed by atoms with van der Waals surface area (Å²) in [6.07, 6.45) is 1.88. The van der Waals surface area contributed by atoms with Gasteiger partial charge in [-0.1, -0.05) is 44.0 Å². The standard InChI is InChI=1S/C13H19NO3.ClH/c1-2-3-4-12(16)13(14,17)11-7-5-10(9-15)6-8-11;/h5-9,12,16-17H,2-4,14H2,1H3;1H/t12-,13-;/m0./s1. The monoisotopic (exact) mass is 273 g/mol. The Balaban J connectivity index is 0.00000289. The number of rotatable bonds is 6. The number of unbranched alkanes of at least 4 members (excludes halogenated alkanes) is 1. The van der Waals surface area contributed by atoms with Crippen LogP contribution in [0.15, 0.2) is 24.3 Å². The van der Waals surface area contributed by atoms with E-state index in [1.165, 1.54) is 0 Å². The Hall–Kier alpha value is -0.940. The van der Waals surface area contributed by atoms with Crippen LogP contribution in [0, 0.1) is 0 Å². The van der Waals surface area contributed by atoms with Gasteiger partial charge in [0.1, 0.15) is 12.4 Å². The van der Waals surface area contributed by atoms with Gasteiger partial charge in [0.05, 0.1) is 0 Å². The molecular weight excluding hydrogens is 254 g/mol. The van der Waals surface area contributed by atoms with E-state index < -0.39 is 11.8 Å². The van der Waals surface area contributed by atoms with Crippen molar-refractivity contribution in [1.29, 1.82) is 0 Å². The van der Waals surface area contributed by atoms with E-state index in [0.29, 0.717) is 23.8 Å². The fourth-order valence-corrected chi connectivity index (χ4v) is 1.64. The van der Waals surface area contributed by atoms with Crippen molar-refractivity contribution < 1.29 is 15.0 Å². The summed E-state index contributed by atoms with van der Waals surface area (Å²) >= 11 is 0. The summed E-state index contributed by atoms with van der Waals surface area (Å²) in [4.78, 5) is 10.5. The molecule has 0 amide bonds. The molecule has 5 heteroatoms. The van der Waals surface area contributed by atoms with Crippen LogP contribution in [0.3, 0.4) is 0 Å². The minimum absolute atomic E-state index is 0. The quantitative estimate of drug-likeness (QED) is 0.543. The Kier molecular flexibility index (Phi) is 7.09. The van der Waals surface area contributed by atoms with Gasteiger partial charge in [-0.2, -0.15) is 0 Å². The van der Waals surface area contributed by atoms with E-state index in [4.69, 9.17) is 5.73 Å². The summed E-state index contributed by atoms with van der Waals surface area (Å²) in [6.45, 7) is 2.00. The van der Waals surface area contributed by atoms with Gasteiger partial charge in [0, 0.05) is 11.1 Å². The van der Waals surface area contributed by atoms with Crippen molar-refractivity contribution in [2.75, 3.05) is 0 Å². The second-order valence-electron chi connectivity index (χ2n) is 4.22. The zero-order chi connectivity index (χ0) is 12.9. The van der Waals surface area contributed by atoms with E-state index in [1.807, 2.05) is 6.92 Å². The lowest BCUT2D eigenvalue weighted by Gasteiger charge is -2.29. The molecule has 1 aromatic carbocycles.